The minimum absolute atomic E-state index is 0.00854. The van der Waals surface area contributed by atoms with E-state index in [1.165, 1.54) is 28.2 Å². The fraction of sp³-hybridized carbons (Fsp3) is 0.286. The maximum atomic E-state index is 12.3. The van der Waals surface area contributed by atoms with Crippen molar-refractivity contribution in [2.75, 3.05) is 23.8 Å². The third-order valence-electron chi connectivity index (χ3n) is 2.95. The van der Waals surface area contributed by atoms with Crippen molar-refractivity contribution in [1.82, 2.24) is 24.0 Å². The first-order chi connectivity index (χ1) is 12.4. The van der Waals surface area contributed by atoms with Crippen LogP contribution in [0.3, 0.4) is 0 Å². The molecule has 0 unspecified atom stereocenters. The molecule has 0 saturated carbocycles. The van der Waals surface area contributed by atoms with E-state index in [9.17, 15) is 13.2 Å². The standard InChI is InChI=1S/C14H14F3N7OS/c1-9-20-13(26-23-9)19-6-3-5-18-12-21-11-10(25-8-14(15,16)17)4-2-7-24(11)22-12/h2-4,6-7H,5,8H2,1H3,(H,18,22)(H,19,20,23)/b6-3+. The van der Waals surface area contributed by atoms with Crippen molar-refractivity contribution in [2.45, 2.75) is 13.1 Å². The Morgan fingerprint density at radius 3 is 2.92 bits per heavy atom. The normalized spacial score (nSPS) is 12.0. The van der Waals surface area contributed by atoms with Gasteiger partial charge in [-0.15, -0.1) is 5.10 Å². The first-order valence-electron chi connectivity index (χ1n) is 7.41. The van der Waals surface area contributed by atoms with E-state index in [-0.39, 0.29) is 17.3 Å². The van der Waals surface area contributed by atoms with Crippen LogP contribution >= 0.6 is 11.5 Å². The van der Waals surface area contributed by atoms with Crippen LogP contribution in [0.15, 0.2) is 30.6 Å². The molecule has 3 heterocycles. The SMILES string of the molecule is Cc1nsc(N/C=C/CNc2nc3c(OCC(F)(F)F)cccn3n2)n1. The van der Waals surface area contributed by atoms with Crippen LogP contribution in [0.4, 0.5) is 24.3 Å². The van der Waals surface area contributed by atoms with E-state index in [2.05, 4.69) is 30.1 Å². The lowest BCUT2D eigenvalue weighted by Crippen LogP contribution is -2.19. The molecular weight excluding hydrogens is 371 g/mol. The monoisotopic (exact) mass is 385 g/mol. The van der Waals surface area contributed by atoms with Gasteiger partial charge in [-0.25, -0.2) is 9.50 Å². The van der Waals surface area contributed by atoms with Crippen molar-refractivity contribution in [3.63, 3.8) is 0 Å². The maximum Gasteiger partial charge on any atom is 0.422 e. The van der Waals surface area contributed by atoms with E-state index in [1.54, 1.807) is 25.4 Å². The van der Waals surface area contributed by atoms with E-state index < -0.39 is 12.8 Å². The zero-order valence-electron chi connectivity index (χ0n) is 13.5. The summed E-state index contributed by atoms with van der Waals surface area (Å²) in [5, 5.41) is 10.7. The highest BCUT2D eigenvalue weighted by Gasteiger charge is 2.29. The van der Waals surface area contributed by atoms with Crippen LogP contribution in [0.25, 0.3) is 5.65 Å². The summed E-state index contributed by atoms with van der Waals surface area (Å²) in [5.41, 5.74) is 0.200. The fourth-order valence-electron chi connectivity index (χ4n) is 1.92. The van der Waals surface area contributed by atoms with Crippen LogP contribution < -0.4 is 15.4 Å². The number of fused-ring (bicyclic) bond motifs is 1. The molecule has 0 aromatic carbocycles. The van der Waals surface area contributed by atoms with Gasteiger partial charge in [-0.3, -0.25) is 0 Å². The average Bonchev–Trinajstić information content (AvgIpc) is 3.17. The zero-order valence-corrected chi connectivity index (χ0v) is 14.3. The van der Waals surface area contributed by atoms with Gasteiger partial charge in [0.1, 0.15) is 5.82 Å². The minimum Gasteiger partial charge on any atom is -0.480 e. The number of hydrogen-bond donors (Lipinski definition) is 2. The number of rotatable bonds is 7. The van der Waals surface area contributed by atoms with Crippen LogP contribution in [-0.4, -0.2) is 43.3 Å². The fourth-order valence-corrected chi connectivity index (χ4v) is 2.48. The highest BCUT2D eigenvalue weighted by atomic mass is 32.1. The lowest BCUT2D eigenvalue weighted by Gasteiger charge is -2.08. The Labute approximate surface area is 149 Å². The summed E-state index contributed by atoms with van der Waals surface area (Å²) in [6.45, 7) is 0.816. The molecule has 3 aromatic rings. The van der Waals surface area contributed by atoms with Gasteiger partial charge in [0.05, 0.1) is 0 Å². The molecule has 2 N–H and O–H groups in total. The molecular formula is C14H14F3N7OS. The van der Waals surface area contributed by atoms with Crippen LogP contribution in [-0.2, 0) is 0 Å². The molecule has 0 saturated heterocycles. The van der Waals surface area contributed by atoms with E-state index in [0.29, 0.717) is 17.5 Å². The number of halogens is 3. The number of pyridine rings is 1. The topological polar surface area (TPSA) is 89.3 Å². The lowest BCUT2D eigenvalue weighted by atomic mass is 10.4. The number of nitrogens with one attached hydrogen (secondary N) is 2. The Morgan fingerprint density at radius 1 is 1.35 bits per heavy atom. The summed E-state index contributed by atoms with van der Waals surface area (Å²) >= 11 is 1.25. The Bertz CT molecular complexity index is 905. The molecule has 3 rings (SSSR count). The van der Waals surface area contributed by atoms with Crippen molar-refractivity contribution < 1.29 is 17.9 Å². The predicted molar refractivity (Wildman–Crippen MR) is 90.4 cm³/mol. The summed E-state index contributed by atoms with van der Waals surface area (Å²) in [6, 6.07) is 2.94. The molecule has 0 aliphatic carbocycles. The van der Waals surface area contributed by atoms with Gasteiger partial charge >= 0.3 is 6.18 Å². The van der Waals surface area contributed by atoms with Crippen LogP contribution in [0.5, 0.6) is 5.75 Å². The number of nitrogens with zero attached hydrogens (tertiary/aromatic N) is 5. The molecule has 0 atom stereocenters. The number of hydrogen-bond acceptors (Lipinski definition) is 8. The molecule has 0 fully saturated rings. The van der Waals surface area contributed by atoms with Gasteiger partial charge in [0.15, 0.2) is 18.0 Å². The van der Waals surface area contributed by atoms with Gasteiger partial charge in [0.25, 0.3) is 0 Å². The second-order valence-corrected chi connectivity index (χ2v) is 5.81. The van der Waals surface area contributed by atoms with E-state index in [1.807, 2.05) is 0 Å². The molecule has 0 amide bonds. The second kappa shape index (κ2) is 7.56. The zero-order chi connectivity index (χ0) is 18.6. The third-order valence-corrected chi connectivity index (χ3v) is 3.69. The molecule has 0 aliphatic heterocycles. The van der Waals surface area contributed by atoms with Crippen LogP contribution in [0, 0.1) is 6.92 Å². The molecule has 8 nitrogen and oxygen atoms in total. The number of alkyl halides is 3. The van der Waals surface area contributed by atoms with Crippen molar-refractivity contribution in [3.8, 4) is 5.75 Å². The van der Waals surface area contributed by atoms with Crippen molar-refractivity contribution in [1.29, 1.82) is 0 Å². The highest BCUT2D eigenvalue weighted by molar-refractivity contribution is 7.09. The van der Waals surface area contributed by atoms with Crippen LogP contribution in [0.2, 0.25) is 0 Å². The lowest BCUT2D eigenvalue weighted by molar-refractivity contribution is -0.153. The smallest absolute Gasteiger partial charge is 0.422 e. The van der Waals surface area contributed by atoms with E-state index in [0.717, 1.165) is 0 Å². The molecule has 0 aliphatic rings. The Kier molecular flexibility index (Phi) is 5.21. The molecule has 0 spiro atoms. The molecule has 138 valence electrons. The number of anilines is 2. The van der Waals surface area contributed by atoms with E-state index >= 15 is 0 Å². The van der Waals surface area contributed by atoms with Crippen molar-refractivity contribution >= 4 is 28.3 Å². The molecule has 3 aromatic heterocycles. The summed E-state index contributed by atoms with van der Waals surface area (Å²) in [5.74, 6) is 0.972. The summed E-state index contributed by atoms with van der Waals surface area (Å²) in [6.07, 6.45) is 0.629. The highest BCUT2D eigenvalue weighted by Crippen LogP contribution is 2.22. The number of aryl methyl sites for hydroxylation is 1. The van der Waals surface area contributed by atoms with Gasteiger partial charge in [0.2, 0.25) is 11.1 Å². The van der Waals surface area contributed by atoms with Gasteiger partial charge in [0, 0.05) is 30.5 Å². The van der Waals surface area contributed by atoms with Crippen molar-refractivity contribution in [2.24, 2.45) is 0 Å². The first-order valence-corrected chi connectivity index (χ1v) is 8.19. The Hall–Kier alpha value is -2.89. The quantitative estimate of drug-likeness (QED) is 0.646. The second-order valence-electron chi connectivity index (χ2n) is 5.05. The molecule has 26 heavy (non-hydrogen) atoms. The number of aromatic nitrogens is 5. The van der Waals surface area contributed by atoms with Gasteiger partial charge in [-0.1, -0.05) is 0 Å². The van der Waals surface area contributed by atoms with Gasteiger partial charge < -0.3 is 15.4 Å². The average molecular weight is 385 g/mol. The maximum absolute atomic E-state index is 12.3. The molecule has 12 heteroatoms. The van der Waals surface area contributed by atoms with E-state index in [4.69, 9.17) is 4.74 Å². The first kappa shape index (κ1) is 17.9. The van der Waals surface area contributed by atoms with Crippen LogP contribution in [0.1, 0.15) is 5.82 Å². The largest absolute Gasteiger partial charge is 0.480 e. The number of ether oxygens (including phenoxy) is 1. The summed E-state index contributed by atoms with van der Waals surface area (Å²) in [4.78, 5) is 8.29. The van der Waals surface area contributed by atoms with Gasteiger partial charge in [-0.2, -0.15) is 22.5 Å². The summed E-state index contributed by atoms with van der Waals surface area (Å²) < 4.78 is 47.1. The molecule has 0 bridgehead atoms. The Balaban J connectivity index is 1.58. The summed E-state index contributed by atoms with van der Waals surface area (Å²) in [7, 11) is 0. The van der Waals surface area contributed by atoms with Gasteiger partial charge in [-0.05, 0) is 25.1 Å². The van der Waals surface area contributed by atoms with Crippen molar-refractivity contribution in [3.05, 3.63) is 36.4 Å². The minimum atomic E-state index is -4.42. The third kappa shape index (κ3) is 4.81. The Morgan fingerprint density at radius 2 is 2.19 bits per heavy atom. The molecule has 0 radical (unpaired) electrons. The predicted octanol–water partition coefficient (Wildman–Crippen LogP) is 2.87.